The fraction of sp³-hybridized carbons (Fsp3) is 0.913. The topological polar surface area (TPSA) is 58.6 Å². The number of carbonyl (C=O) groups is 2. The Morgan fingerprint density at radius 3 is 1.90 bits per heavy atom. The summed E-state index contributed by atoms with van der Waals surface area (Å²) >= 11 is 1.85. The highest BCUT2D eigenvalue weighted by atomic mass is 32.2. The minimum absolute atomic E-state index is 0.629. The van der Waals surface area contributed by atoms with Gasteiger partial charge in [0.25, 0.3) is 0 Å². The molecule has 0 radical (unpaired) electrons. The number of aldehydes is 2. The summed E-state index contributed by atoms with van der Waals surface area (Å²) in [6.45, 7) is 6.44. The molecule has 0 aromatic rings. The molecule has 1 saturated heterocycles. The Hall–Kier alpha value is -0.430. The number of carbonyl (C=O) groups excluding carboxylic acids is 2. The van der Waals surface area contributed by atoms with Crippen molar-refractivity contribution >= 4 is 24.5 Å². The van der Waals surface area contributed by atoms with E-state index >= 15 is 0 Å². The summed E-state index contributed by atoms with van der Waals surface area (Å²) in [5.41, 5.74) is 0. The van der Waals surface area contributed by atoms with Crippen LogP contribution in [0.1, 0.15) is 89.9 Å². The first-order chi connectivity index (χ1) is 14.4. The number of ether oxygens (including phenoxy) is 1. The molecule has 1 N–H and O–H groups in total. The standard InChI is InChI=1S/C23H44N2O3S/c26-19-11-7-3-1-5-9-16-25(17-10-6-2-4-8-12-20-27)18-13-15-24-29-23-14-21-28-22-23/h19-20,23-24H,1-18,21-22H2. The van der Waals surface area contributed by atoms with E-state index in [1.807, 2.05) is 11.9 Å². The van der Waals surface area contributed by atoms with E-state index in [9.17, 15) is 9.59 Å². The van der Waals surface area contributed by atoms with Gasteiger partial charge in [-0.3, -0.25) is 4.72 Å². The lowest BCUT2D eigenvalue weighted by atomic mass is 10.1. The molecule has 0 saturated carbocycles. The van der Waals surface area contributed by atoms with E-state index in [0.29, 0.717) is 5.25 Å². The van der Waals surface area contributed by atoms with Gasteiger partial charge in [0.2, 0.25) is 0 Å². The van der Waals surface area contributed by atoms with Crippen molar-refractivity contribution in [1.82, 2.24) is 9.62 Å². The van der Waals surface area contributed by atoms with Crippen LogP contribution in [0, 0.1) is 0 Å². The van der Waals surface area contributed by atoms with Crippen LogP contribution in [0.4, 0.5) is 0 Å². The second-order valence-corrected chi connectivity index (χ2v) is 9.33. The zero-order valence-electron chi connectivity index (χ0n) is 18.5. The van der Waals surface area contributed by atoms with Gasteiger partial charge in [-0.05, 0) is 58.2 Å². The zero-order valence-corrected chi connectivity index (χ0v) is 19.3. The molecule has 1 unspecified atom stereocenters. The molecule has 1 atom stereocenters. The average molecular weight is 429 g/mol. The van der Waals surface area contributed by atoms with Crippen LogP contribution in [0.15, 0.2) is 0 Å². The second kappa shape index (κ2) is 20.8. The summed E-state index contributed by atoms with van der Waals surface area (Å²) in [4.78, 5) is 23.4. The number of nitrogens with zero attached hydrogens (tertiary/aromatic N) is 1. The van der Waals surface area contributed by atoms with Gasteiger partial charge in [-0.2, -0.15) is 0 Å². The molecule has 0 spiro atoms. The number of unbranched alkanes of at least 4 members (excludes halogenated alkanes) is 10. The van der Waals surface area contributed by atoms with E-state index in [0.717, 1.165) is 58.0 Å². The molecule has 5 nitrogen and oxygen atoms in total. The van der Waals surface area contributed by atoms with Crippen molar-refractivity contribution in [3.05, 3.63) is 0 Å². The lowest BCUT2D eigenvalue weighted by molar-refractivity contribution is -0.108. The van der Waals surface area contributed by atoms with Crippen molar-refractivity contribution in [1.29, 1.82) is 0 Å². The molecular weight excluding hydrogens is 384 g/mol. The van der Waals surface area contributed by atoms with Crippen molar-refractivity contribution < 1.29 is 14.3 Å². The van der Waals surface area contributed by atoms with Crippen LogP contribution in [0.3, 0.4) is 0 Å². The van der Waals surface area contributed by atoms with Gasteiger partial charge in [0.15, 0.2) is 0 Å². The summed E-state index contributed by atoms with van der Waals surface area (Å²) in [5.74, 6) is 0. The number of hydrogen-bond acceptors (Lipinski definition) is 6. The minimum atomic E-state index is 0.629. The number of nitrogens with one attached hydrogen (secondary N) is 1. The third kappa shape index (κ3) is 17.0. The van der Waals surface area contributed by atoms with Gasteiger partial charge in [-0.15, -0.1) is 0 Å². The maximum atomic E-state index is 10.4. The van der Waals surface area contributed by atoms with Crippen LogP contribution in [0.2, 0.25) is 0 Å². The molecule has 1 heterocycles. The smallest absolute Gasteiger partial charge is 0.119 e. The minimum Gasteiger partial charge on any atom is -0.380 e. The van der Waals surface area contributed by atoms with Crippen molar-refractivity contribution in [2.75, 3.05) is 39.4 Å². The van der Waals surface area contributed by atoms with Crippen molar-refractivity contribution in [2.24, 2.45) is 0 Å². The molecule has 29 heavy (non-hydrogen) atoms. The SMILES string of the molecule is O=CCCCCCCCN(CCCCCCCC=O)CCCNSC1CCOC1. The highest BCUT2D eigenvalue weighted by Gasteiger charge is 2.15. The lowest BCUT2D eigenvalue weighted by Gasteiger charge is -2.22. The molecule has 0 bridgehead atoms. The second-order valence-electron chi connectivity index (χ2n) is 8.14. The van der Waals surface area contributed by atoms with E-state index in [2.05, 4.69) is 9.62 Å². The third-order valence-electron chi connectivity index (χ3n) is 5.48. The quantitative estimate of drug-likeness (QED) is 0.152. The first kappa shape index (κ1) is 26.6. The Morgan fingerprint density at radius 2 is 1.34 bits per heavy atom. The maximum Gasteiger partial charge on any atom is 0.119 e. The highest BCUT2D eigenvalue weighted by Crippen LogP contribution is 2.17. The summed E-state index contributed by atoms with van der Waals surface area (Å²) in [6, 6.07) is 0. The summed E-state index contributed by atoms with van der Waals surface area (Å²) < 4.78 is 8.95. The number of hydrogen-bond donors (Lipinski definition) is 1. The molecule has 0 aromatic heterocycles. The predicted molar refractivity (Wildman–Crippen MR) is 123 cm³/mol. The van der Waals surface area contributed by atoms with E-state index in [1.54, 1.807) is 0 Å². The Balaban J connectivity index is 2.09. The molecule has 6 heteroatoms. The van der Waals surface area contributed by atoms with Crippen molar-refractivity contribution in [3.8, 4) is 0 Å². The molecule has 0 amide bonds. The Kier molecular flexibility index (Phi) is 19.1. The summed E-state index contributed by atoms with van der Waals surface area (Å²) in [7, 11) is 0. The van der Waals surface area contributed by atoms with Gasteiger partial charge in [-0.1, -0.05) is 50.5 Å². The van der Waals surface area contributed by atoms with Gasteiger partial charge in [0, 0.05) is 31.2 Å². The maximum absolute atomic E-state index is 10.4. The lowest BCUT2D eigenvalue weighted by Crippen LogP contribution is -2.29. The van der Waals surface area contributed by atoms with Crippen LogP contribution >= 0.6 is 11.9 Å². The third-order valence-corrected chi connectivity index (χ3v) is 6.56. The molecule has 1 fully saturated rings. The molecule has 0 aliphatic carbocycles. The van der Waals surface area contributed by atoms with Gasteiger partial charge in [0.1, 0.15) is 12.6 Å². The molecule has 0 aromatic carbocycles. The van der Waals surface area contributed by atoms with Crippen LogP contribution in [0.5, 0.6) is 0 Å². The predicted octanol–water partition coefficient (Wildman–Crippen LogP) is 4.78. The first-order valence-electron chi connectivity index (χ1n) is 11.9. The largest absolute Gasteiger partial charge is 0.380 e. The number of rotatable bonds is 22. The molecular formula is C23H44N2O3S. The Bertz CT molecular complexity index is 357. The van der Waals surface area contributed by atoms with E-state index in [4.69, 9.17) is 4.74 Å². The summed E-state index contributed by atoms with van der Waals surface area (Å²) in [6.07, 6.45) is 17.9. The fourth-order valence-corrected chi connectivity index (χ4v) is 4.56. The molecule has 1 aliphatic rings. The normalized spacial score (nSPS) is 16.5. The van der Waals surface area contributed by atoms with Gasteiger partial charge < -0.3 is 19.2 Å². The first-order valence-corrected chi connectivity index (χ1v) is 12.8. The van der Waals surface area contributed by atoms with E-state index in [-0.39, 0.29) is 0 Å². The van der Waals surface area contributed by atoms with Crippen LogP contribution in [-0.4, -0.2) is 62.1 Å². The zero-order chi connectivity index (χ0) is 20.8. The Morgan fingerprint density at radius 1 is 0.793 bits per heavy atom. The van der Waals surface area contributed by atoms with Crippen LogP contribution in [0.25, 0.3) is 0 Å². The van der Waals surface area contributed by atoms with Crippen molar-refractivity contribution in [2.45, 2.75) is 95.1 Å². The van der Waals surface area contributed by atoms with Gasteiger partial charge >= 0.3 is 0 Å². The van der Waals surface area contributed by atoms with Gasteiger partial charge in [0.05, 0.1) is 6.61 Å². The molecule has 1 aliphatic heterocycles. The molecule has 170 valence electrons. The monoisotopic (exact) mass is 428 g/mol. The van der Waals surface area contributed by atoms with E-state index in [1.165, 1.54) is 83.8 Å². The summed E-state index contributed by atoms with van der Waals surface area (Å²) in [5, 5.41) is 0.629. The van der Waals surface area contributed by atoms with Crippen LogP contribution in [-0.2, 0) is 14.3 Å². The fourth-order valence-electron chi connectivity index (χ4n) is 3.68. The van der Waals surface area contributed by atoms with Crippen molar-refractivity contribution in [3.63, 3.8) is 0 Å². The average Bonchev–Trinajstić information content (AvgIpc) is 3.25. The highest BCUT2D eigenvalue weighted by molar-refractivity contribution is 7.98. The van der Waals surface area contributed by atoms with Gasteiger partial charge in [-0.25, -0.2) is 0 Å². The van der Waals surface area contributed by atoms with E-state index < -0.39 is 0 Å². The molecule has 1 rings (SSSR count). The Labute approximate surface area is 183 Å². The van der Waals surface area contributed by atoms with Crippen LogP contribution < -0.4 is 4.72 Å².